The second-order valence-corrected chi connectivity index (χ2v) is 4.71. The fraction of sp³-hybridized carbons (Fsp3) is 1.00. The molecule has 0 radical (unpaired) electrons. The molecule has 0 saturated heterocycles. The van der Waals surface area contributed by atoms with Crippen LogP contribution >= 0.6 is 11.8 Å². The lowest BCUT2D eigenvalue weighted by atomic mass is 10.1. The van der Waals surface area contributed by atoms with Crippen molar-refractivity contribution >= 4 is 11.8 Å². The molecule has 0 amide bonds. The molecule has 1 fully saturated rings. The Labute approximate surface area is 78.9 Å². The van der Waals surface area contributed by atoms with Gasteiger partial charge in [-0.2, -0.15) is 11.8 Å². The molecule has 0 aromatic rings. The van der Waals surface area contributed by atoms with Crippen LogP contribution in [0.1, 0.15) is 25.7 Å². The minimum atomic E-state index is -0.0172. The SMILES string of the molecule is NC(CO)CSCC1CCCC1. The van der Waals surface area contributed by atoms with Crippen LogP contribution in [0.25, 0.3) is 0 Å². The number of aliphatic hydroxyl groups excluding tert-OH is 1. The minimum absolute atomic E-state index is 0.0172. The van der Waals surface area contributed by atoms with E-state index in [9.17, 15) is 0 Å². The normalized spacial score (nSPS) is 21.5. The van der Waals surface area contributed by atoms with Gasteiger partial charge in [0.1, 0.15) is 0 Å². The quantitative estimate of drug-likeness (QED) is 0.684. The first-order valence-electron chi connectivity index (χ1n) is 4.77. The first-order valence-corrected chi connectivity index (χ1v) is 5.92. The molecule has 2 nitrogen and oxygen atoms in total. The maximum Gasteiger partial charge on any atom is 0.0590 e. The molecular weight excluding hydrogens is 170 g/mol. The van der Waals surface area contributed by atoms with Crippen LogP contribution in [-0.2, 0) is 0 Å². The van der Waals surface area contributed by atoms with Crippen molar-refractivity contribution in [1.82, 2.24) is 0 Å². The molecule has 0 aliphatic heterocycles. The Morgan fingerprint density at radius 2 is 2.08 bits per heavy atom. The lowest BCUT2D eigenvalue weighted by Gasteiger charge is -2.10. The van der Waals surface area contributed by atoms with Gasteiger partial charge in [-0.3, -0.25) is 0 Å². The molecule has 0 aromatic heterocycles. The Hall–Kier alpha value is 0.270. The summed E-state index contributed by atoms with van der Waals surface area (Å²) in [5.41, 5.74) is 5.59. The zero-order chi connectivity index (χ0) is 8.81. The van der Waals surface area contributed by atoms with Gasteiger partial charge in [0, 0.05) is 11.8 Å². The van der Waals surface area contributed by atoms with Crippen LogP contribution in [-0.4, -0.2) is 29.3 Å². The van der Waals surface area contributed by atoms with E-state index in [4.69, 9.17) is 10.8 Å². The fourth-order valence-electron chi connectivity index (χ4n) is 1.62. The molecule has 1 aliphatic carbocycles. The van der Waals surface area contributed by atoms with E-state index in [-0.39, 0.29) is 12.6 Å². The third-order valence-electron chi connectivity index (χ3n) is 2.39. The first kappa shape index (κ1) is 10.4. The summed E-state index contributed by atoms with van der Waals surface area (Å²) in [4.78, 5) is 0. The predicted molar refractivity (Wildman–Crippen MR) is 54.3 cm³/mol. The average Bonchev–Trinajstić information content (AvgIpc) is 2.57. The van der Waals surface area contributed by atoms with E-state index in [2.05, 4.69) is 0 Å². The summed E-state index contributed by atoms with van der Waals surface area (Å²) < 4.78 is 0. The van der Waals surface area contributed by atoms with Crippen LogP contribution in [0.15, 0.2) is 0 Å². The van der Waals surface area contributed by atoms with Crippen LogP contribution < -0.4 is 5.73 Å². The standard InChI is InChI=1S/C9H19NOS/c10-9(5-11)7-12-6-8-3-1-2-4-8/h8-9,11H,1-7,10H2. The van der Waals surface area contributed by atoms with Crippen molar-refractivity contribution in [2.45, 2.75) is 31.7 Å². The van der Waals surface area contributed by atoms with Gasteiger partial charge in [-0.1, -0.05) is 12.8 Å². The van der Waals surface area contributed by atoms with E-state index in [0.717, 1.165) is 11.7 Å². The number of rotatable bonds is 5. The number of aliphatic hydroxyl groups is 1. The van der Waals surface area contributed by atoms with Crippen LogP contribution in [0.4, 0.5) is 0 Å². The van der Waals surface area contributed by atoms with E-state index in [0.29, 0.717) is 0 Å². The van der Waals surface area contributed by atoms with Crippen molar-refractivity contribution in [2.75, 3.05) is 18.1 Å². The zero-order valence-electron chi connectivity index (χ0n) is 7.54. The highest BCUT2D eigenvalue weighted by Gasteiger charge is 2.14. The van der Waals surface area contributed by atoms with E-state index in [1.807, 2.05) is 11.8 Å². The second-order valence-electron chi connectivity index (χ2n) is 3.63. The van der Waals surface area contributed by atoms with Gasteiger partial charge < -0.3 is 10.8 Å². The Kier molecular flexibility index (Phi) is 5.04. The fourth-order valence-corrected chi connectivity index (χ4v) is 2.83. The molecule has 1 aliphatic rings. The van der Waals surface area contributed by atoms with Gasteiger partial charge >= 0.3 is 0 Å². The van der Waals surface area contributed by atoms with Gasteiger partial charge in [0.25, 0.3) is 0 Å². The summed E-state index contributed by atoms with van der Waals surface area (Å²) in [7, 11) is 0. The van der Waals surface area contributed by atoms with Gasteiger partial charge in [0.15, 0.2) is 0 Å². The summed E-state index contributed by atoms with van der Waals surface area (Å²) in [6.45, 7) is 0.123. The molecule has 0 aromatic carbocycles. The Bertz CT molecular complexity index is 115. The van der Waals surface area contributed by atoms with Crippen LogP contribution in [0.2, 0.25) is 0 Å². The zero-order valence-corrected chi connectivity index (χ0v) is 8.35. The largest absolute Gasteiger partial charge is 0.395 e. The monoisotopic (exact) mass is 189 g/mol. The molecule has 1 atom stereocenters. The highest BCUT2D eigenvalue weighted by atomic mass is 32.2. The van der Waals surface area contributed by atoms with Crippen LogP contribution in [0.3, 0.4) is 0 Å². The molecule has 1 rings (SSSR count). The Morgan fingerprint density at radius 1 is 1.42 bits per heavy atom. The highest BCUT2D eigenvalue weighted by Crippen LogP contribution is 2.27. The average molecular weight is 189 g/mol. The third kappa shape index (κ3) is 3.78. The molecule has 1 saturated carbocycles. The first-order chi connectivity index (χ1) is 5.83. The topological polar surface area (TPSA) is 46.2 Å². The number of nitrogens with two attached hydrogens (primary N) is 1. The number of thioether (sulfide) groups is 1. The summed E-state index contributed by atoms with van der Waals surface area (Å²) in [6.07, 6.45) is 5.64. The van der Waals surface area contributed by atoms with E-state index in [1.165, 1.54) is 31.4 Å². The molecule has 0 spiro atoms. The highest BCUT2D eigenvalue weighted by molar-refractivity contribution is 7.99. The van der Waals surface area contributed by atoms with Gasteiger partial charge in [-0.15, -0.1) is 0 Å². The van der Waals surface area contributed by atoms with Crippen LogP contribution in [0.5, 0.6) is 0 Å². The molecule has 72 valence electrons. The van der Waals surface area contributed by atoms with E-state index < -0.39 is 0 Å². The lowest BCUT2D eigenvalue weighted by Crippen LogP contribution is -2.27. The van der Waals surface area contributed by atoms with Crippen molar-refractivity contribution in [1.29, 1.82) is 0 Å². The maximum atomic E-state index is 8.69. The predicted octanol–water partition coefficient (Wildman–Crippen LogP) is 1.23. The molecule has 12 heavy (non-hydrogen) atoms. The molecule has 0 heterocycles. The summed E-state index contributed by atoms with van der Waals surface area (Å²) in [6, 6.07) is -0.0172. The Balaban J connectivity index is 1.94. The van der Waals surface area contributed by atoms with E-state index >= 15 is 0 Å². The Morgan fingerprint density at radius 3 is 2.67 bits per heavy atom. The van der Waals surface area contributed by atoms with E-state index in [1.54, 1.807) is 0 Å². The van der Waals surface area contributed by atoms with Crippen molar-refractivity contribution in [3.63, 3.8) is 0 Å². The molecule has 3 heteroatoms. The molecule has 1 unspecified atom stereocenters. The van der Waals surface area contributed by atoms with Gasteiger partial charge in [0.05, 0.1) is 6.61 Å². The van der Waals surface area contributed by atoms with Gasteiger partial charge in [-0.25, -0.2) is 0 Å². The smallest absolute Gasteiger partial charge is 0.0590 e. The van der Waals surface area contributed by atoms with Crippen molar-refractivity contribution in [3.05, 3.63) is 0 Å². The van der Waals surface area contributed by atoms with Crippen molar-refractivity contribution < 1.29 is 5.11 Å². The maximum absolute atomic E-state index is 8.69. The summed E-state index contributed by atoms with van der Waals surface area (Å²) in [5, 5.41) is 8.69. The lowest BCUT2D eigenvalue weighted by molar-refractivity contribution is 0.275. The summed E-state index contributed by atoms with van der Waals surface area (Å²) in [5.74, 6) is 3.08. The van der Waals surface area contributed by atoms with Gasteiger partial charge in [-0.05, 0) is 24.5 Å². The second kappa shape index (κ2) is 5.84. The molecular formula is C9H19NOS. The van der Waals surface area contributed by atoms with Crippen molar-refractivity contribution in [3.8, 4) is 0 Å². The van der Waals surface area contributed by atoms with Crippen LogP contribution in [0, 0.1) is 5.92 Å². The van der Waals surface area contributed by atoms with Gasteiger partial charge in [0.2, 0.25) is 0 Å². The number of hydrogen-bond acceptors (Lipinski definition) is 3. The van der Waals surface area contributed by atoms with Crippen molar-refractivity contribution in [2.24, 2.45) is 11.7 Å². The summed E-state index contributed by atoms with van der Waals surface area (Å²) >= 11 is 1.90. The minimum Gasteiger partial charge on any atom is -0.395 e. The molecule has 3 N–H and O–H groups in total. The number of hydrogen-bond donors (Lipinski definition) is 2. The molecule has 0 bridgehead atoms. The third-order valence-corrected chi connectivity index (χ3v) is 3.77.